The normalized spacial score (nSPS) is 13.4. The number of nitrogens with two attached hydrogens (primary N) is 1. The van der Waals surface area contributed by atoms with E-state index in [2.05, 4.69) is 21.2 Å². The molecular weight excluding hydrogens is 436 g/mol. The molecule has 0 saturated heterocycles. The molecule has 0 aromatic carbocycles. The average Bonchev–Trinajstić information content (AvgIpc) is 3.20. The largest absolute Gasteiger partial charge is 0.452 e. The lowest BCUT2D eigenvalue weighted by atomic mass is 9.95. The molecule has 7 nitrogen and oxygen atoms in total. The Labute approximate surface area is 167 Å². The number of rotatable bonds is 6. The second kappa shape index (κ2) is 8.53. The van der Waals surface area contributed by atoms with Gasteiger partial charge in [0.1, 0.15) is 10.8 Å². The minimum atomic E-state index is -0.682. The molecule has 2 amide bonds. The number of furan rings is 1. The summed E-state index contributed by atoms with van der Waals surface area (Å²) in [5, 5.41) is 3.06. The van der Waals surface area contributed by atoms with E-state index in [1.807, 2.05) is 0 Å². The molecule has 0 unspecified atom stereocenters. The van der Waals surface area contributed by atoms with Crippen molar-refractivity contribution < 1.29 is 23.5 Å². The summed E-state index contributed by atoms with van der Waals surface area (Å²) in [6.45, 7) is -0.466. The molecule has 3 N–H and O–H groups in total. The highest BCUT2D eigenvalue weighted by atomic mass is 79.9. The predicted molar refractivity (Wildman–Crippen MR) is 105 cm³/mol. The highest BCUT2D eigenvalue weighted by Crippen LogP contribution is 2.37. The van der Waals surface area contributed by atoms with E-state index in [0.29, 0.717) is 21.0 Å². The summed E-state index contributed by atoms with van der Waals surface area (Å²) >= 11 is 4.51. The summed E-state index contributed by atoms with van der Waals surface area (Å²) in [7, 11) is 0. The van der Waals surface area contributed by atoms with Crippen LogP contribution in [-0.4, -0.2) is 24.4 Å². The molecule has 0 bridgehead atoms. The van der Waals surface area contributed by atoms with E-state index in [1.54, 1.807) is 12.1 Å². The number of fused-ring (bicyclic) bond motifs is 1. The number of nitrogens with one attached hydrogen (secondary N) is 1. The minimum absolute atomic E-state index is 0.373. The van der Waals surface area contributed by atoms with Crippen LogP contribution in [0.1, 0.15) is 39.4 Å². The van der Waals surface area contributed by atoms with Crippen molar-refractivity contribution in [2.24, 2.45) is 5.73 Å². The third-order valence-corrected chi connectivity index (χ3v) is 5.63. The van der Waals surface area contributed by atoms with Gasteiger partial charge in [0, 0.05) is 11.0 Å². The number of carbonyl (C=O) groups excluding carboxylic acids is 3. The third-order valence-electron chi connectivity index (χ3n) is 3.99. The highest BCUT2D eigenvalue weighted by molar-refractivity contribution is 9.10. The van der Waals surface area contributed by atoms with Crippen molar-refractivity contribution in [3.05, 3.63) is 44.6 Å². The number of amides is 2. The van der Waals surface area contributed by atoms with Crippen molar-refractivity contribution in [2.45, 2.75) is 25.7 Å². The Hall–Kier alpha value is -2.39. The van der Waals surface area contributed by atoms with Crippen LogP contribution in [0.5, 0.6) is 0 Å². The lowest BCUT2D eigenvalue weighted by Gasteiger charge is -2.11. The lowest BCUT2D eigenvalue weighted by Crippen LogP contribution is -2.22. The first-order valence-electron chi connectivity index (χ1n) is 8.28. The van der Waals surface area contributed by atoms with Crippen molar-refractivity contribution in [1.82, 2.24) is 0 Å². The molecule has 0 saturated carbocycles. The summed E-state index contributed by atoms with van der Waals surface area (Å²) in [5.41, 5.74) is 6.79. The molecule has 27 heavy (non-hydrogen) atoms. The Morgan fingerprint density at radius 2 is 2.07 bits per heavy atom. The van der Waals surface area contributed by atoms with Gasteiger partial charge in [0.2, 0.25) is 0 Å². The van der Waals surface area contributed by atoms with Gasteiger partial charge in [0.15, 0.2) is 11.3 Å². The molecule has 1 aliphatic carbocycles. The summed E-state index contributed by atoms with van der Waals surface area (Å²) in [4.78, 5) is 36.7. The van der Waals surface area contributed by atoms with Gasteiger partial charge in [-0.25, -0.2) is 4.79 Å². The smallest absolute Gasteiger partial charge is 0.331 e. The number of primary amides is 1. The number of hydrogen-bond acceptors (Lipinski definition) is 6. The summed E-state index contributed by atoms with van der Waals surface area (Å²) in [6.07, 6.45) is 6.30. The molecule has 0 radical (unpaired) electrons. The lowest BCUT2D eigenvalue weighted by molar-refractivity contribution is -0.142. The molecule has 142 valence electrons. The monoisotopic (exact) mass is 452 g/mol. The molecule has 0 atom stereocenters. The van der Waals surface area contributed by atoms with E-state index in [9.17, 15) is 14.4 Å². The first-order valence-corrected chi connectivity index (χ1v) is 9.89. The quantitative estimate of drug-likeness (QED) is 0.515. The first-order chi connectivity index (χ1) is 12.9. The minimum Gasteiger partial charge on any atom is -0.452 e. The standard InChI is InChI=1S/C18H17BrN2O5S/c19-13-7-5-10(26-13)6-8-15(23)25-9-14(22)21-18-16(17(20)24)11-3-1-2-4-12(11)27-18/h5-8H,1-4,9H2,(H2,20,24)(H,21,22)/b8-6+. The molecule has 3 rings (SSSR count). The Bertz CT molecular complexity index is 915. The fraction of sp³-hybridized carbons (Fsp3) is 0.278. The third kappa shape index (κ3) is 4.86. The van der Waals surface area contributed by atoms with E-state index in [-0.39, 0.29) is 0 Å². The molecule has 1 aliphatic rings. The zero-order valence-corrected chi connectivity index (χ0v) is 16.7. The van der Waals surface area contributed by atoms with Crippen LogP contribution in [0.15, 0.2) is 27.3 Å². The number of carbonyl (C=O) groups is 3. The van der Waals surface area contributed by atoms with Gasteiger partial charge in [-0.2, -0.15) is 0 Å². The van der Waals surface area contributed by atoms with Crippen LogP contribution in [0.2, 0.25) is 0 Å². The second-order valence-electron chi connectivity index (χ2n) is 5.91. The molecule has 9 heteroatoms. The molecule has 0 aliphatic heterocycles. The number of aryl methyl sites for hydroxylation is 1. The van der Waals surface area contributed by atoms with Crippen molar-refractivity contribution in [1.29, 1.82) is 0 Å². The zero-order chi connectivity index (χ0) is 19.4. The summed E-state index contributed by atoms with van der Waals surface area (Å²) in [6, 6.07) is 3.36. The van der Waals surface area contributed by atoms with Crippen molar-refractivity contribution >= 4 is 56.1 Å². The average molecular weight is 453 g/mol. The van der Waals surface area contributed by atoms with E-state index in [1.165, 1.54) is 17.4 Å². The maximum atomic E-state index is 12.1. The maximum Gasteiger partial charge on any atom is 0.331 e. The van der Waals surface area contributed by atoms with E-state index >= 15 is 0 Å². The van der Waals surface area contributed by atoms with Crippen LogP contribution in [0.4, 0.5) is 5.00 Å². The van der Waals surface area contributed by atoms with Gasteiger partial charge in [-0.1, -0.05) is 0 Å². The highest BCUT2D eigenvalue weighted by Gasteiger charge is 2.25. The zero-order valence-electron chi connectivity index (χ0n) is 14.2. The fourth-order valence-electron chi connectivity index (χ4n) is 2.83. The molecule has 2 heterocycles. The van der Waals surface area contributed by atoms with Crippen LogP contribution >= 0.6 is 27.3 Å². The van der Waals surface area contributed by atoms with Crippen LogP contribution in [0, 0.1) is 0 Å². The van der Waals surface area contributed by atoms with Gasteiger partial charge in [-0.3, -0.25) is 9.59 Å². The van der Waals surface area contributed by atoms with Gasteiger partial charge in [0.05, 0.1) is 5.56 Å². The SMILES string of the molecule is NC(=O)c1c(NC(=O)COC(=O)/C=C/c2ccc(Br)o2)sc2c1CCCC2. The summed E-state index contributed by atoms with van der Waals surface area (Å²) in [5.74, 6) is -1.30. The first kappa shape index (κ1) is 19.4. The second-order valence-corrected chi connectivity index (χ2v) is 7.80. The van der Waals surface area contributed by atoms with E-state index in [4.69, 9.17) is 14.9 Å². The van der Waals surface area contributed by atoms with E-state index in [0.717, 1.165) is 42.2 Å². The number of ether oxygens (including phenoxy) is 1. The number of esters is 1. The van der Waals surface area contributed by atoms with Gasteiger partial charge in [-0.05, 0) is 65.4 Å². The van der Waals surface area contributed by atoms with Crippen LogP contribution in [0.3, 0.4) is 0 Å². The Balaban J connectivity index is 1.58. The molecule has 0 fully saturated rings. The van der Waals surface area contributed by atoms with Crippen LogP contribution in [-0.2, 0) is 27.2 Å². The predicted octanol–water partition coefficient (Wildman–Crippen LogP) is 3.28. The molecular formula is C18H17BrN2O5S. The fourth-order valence-corrected chi connectivity index (χ4v) is 4.46. The number of thiophene rings is 1. The van der Waals surface area contributed by atoms with Crippen molar-refractivity contribution in [3.8, 4) is 0 Å². The number of anilines is 1. The van der Waals surface area contributed by atoms with Crippen molar-refractivity contribution in [2.75, 3.05) is 11.9 Å². The van der Waals surface area contributed by atoms with Gasteiger partial charge in [0.25, 0.3) is 11.8 Å². The van der Waals surface area contributed by atoms with Crippen LogP contribution in [0.25, 0.3) is 6.08 Å². The summed E-state index contributed by atoms with van der Waals surface area (Å²) < 4.78 is 10.7. The van der Waals surface area contributed by atoms with Crippen molar-refractivity contribution in [3.63, 3.8) is 0 Å². The topological polar surface area (TPSA) is 112 Å². The Kier molecular flexibility index (Phi) is 6.12. The van der Waals surface area contributed by atoms with E-state index < -0.39 is 24.4 Å². The van der Waals surface area contributed by atoms with Gasteiger partial charge in [-0.15, -0.1) is 11.3 Å². The van der Waals surface area contributed by atoms with Gasteiger partial charge >= 0.3 is 5.97 Å². The molecule has 2 aromatic heterocycles. The molecule has 0 spiro atoms. The number of halogens is 1. The van der Waals surface area contributed by atoms with Crippen LogP contribution < -0.4 is 11.1 Å². The maximum absolute atomic E-state index is 12.1. The van der Waals surface area contributed by atoms with Gasteiger partial charge < -0.3 is 20.2 Å². The Morgan fingerprint density at radius 3 is 2.78 bits per heavy atom. The Morgan fingerprint density at radius 1 is 1.30 bits per heavy atom. The number of hydrogen-bond donors (Lipinski definition) is 2. The molecule has 2 aromatic rings.